The zero-order chi connectivity index (χ0) is 25.7. The van der Waals surface area contributed by atoms with Crippen molar-refractivity contribution in [2.24, 2.45) is 5.73 Å². The molecule has 0 radical (unpaired) electrons. The van der Waals surface area contributed by atoms with Crippen molar-refractivity contribution >= 4 is 50.7 Å². The molecule has 0 spiro atoms. The number of amides is 2. The quantitative estimate of drug-likeness (QED) is 0.332. The highest BCUT2D eigenvalue weighted by Crippen LogP contribution is 2.43. The molecule has 3 heterocycles. The monoisotopic (exact) mass is 525 g/mol. The van der Waals surface area contributed by atoms with E-state index in [1.807, 2.05) is 0 Å². The molecule has 2 amide bonds. The summed E-state index contributed by atoms with van der Waals surface area (Å²) in [7, 11) is 0. The zero-order valence-corrected chi connectivity index (χ0v) is 19.6. The second kappa shape index (κ2) is 8.93. The summed E-state index contributed by atoms with van der Waals surface area (Å²) in [6.07, 6.45) is -3.35. The summed E-state index contributed by atoms with van der Waals surface area (Å²) in [6, 6.07) is 4.63. The zero-order valence-electron chi connectivity index (χ0n) is 18.1. The van der Waals surface area contributed by atoms with Crippen molar-refractivity contribution in [1.82, 2.24) is 14.8 Å². The molecular weight excluding hydrogens is 510 g/mol. The van der Waals surface area contributed by atoms with Gasteiger partial charge in [-0.05, 0) is 43.2 Å². The number of carbonyl (C=O) groups is 2. The predicted molar refractivity (Wildman–Crippen MR) is 124 cm³/mol. The molecule has 1 unspecified atom stereocenters. The number of alkyl halides is 3. The van der Waals surface area contributed by atoms with Crippen molar-refractivity contribution in [3.63, 3.8) is 0 Å². The van der Waals surface area contributed by atoms with Crippen LogP contribution < -0.4 is 11.1 Å². The van der Waals surface area contributed by atoms with Crippen LogP contribution in [0, 0.1) is 12.7 Å². The third-order valence-electron chi connectivity index (χ3n) is 5.21. The Morgan fingerprint density at radius 1 is 1.23 bits per heavy atom. The summed E-state index contributed by atoms with van der Waals surface area (Å²) in [5.41, 5.74) is 4.88. The second-order valence-corrected chi connectivity index (χ2v) is 9.02. The number of pyridine rings is 1. The minimum atomic E-state index is -4.80. The van der Waals surface area contributed by atoms with Gasteiger partial charge in [-0.25, -0.2) is 9.37 Å². The van der Waals surface area contributed by atoms with Gasteiger partial charge in [0.25, 0.3) is 5.91 Å². The van der Waals surface area contributed by atoms with Gasteiger partial charge in [0, 0.05) is 11.6 Å². The molecule has 0 saturated carbocycles. The predicted octanol–water partition coefficient (Wildman–Crippen LogP) is 5.58. The SMILES string of the molecule is Cc1nn(C(C)C(=O)Nc2c(C(N)=O)sc3nc(C(F)(F)F)cc(-c4ccc(F)cc4)c23)cc1Cl. The first-order chi connectivity index (χ1) is 16.4. The van der Waals surface area contributed by atoms with E-state index in [1.54, 1.807) is 6.92 Å². The molecular formula is C22H16ClF4N5O2S. The Bertz CT molecular complexity index is 1440. The van der Waals surface area contributed by atoms with Gasteiger partial charge in [-0.15, -0.1) is 11.3 Å². The van der Waals surface area contributed by atoms with Crippen molar-refractivity contribution in [3.05, 3.63) is 63.6 Å². The Labute approximate surface area is 204 Å². The summed E-state index contributed by atoms with van der Waals surface area (Å²) in [4.78, 5) is 28.5. The molecule has 1 aromatic carbocycles. The number of primary amides is 1. The first-order valence-electron chi connectivity index (χ1n) is 9.99. The topological polar surface area (TPSA) is 103 Å². The number of nitrogens with two attached hydrogens (primary N) is 1. The molecule has 3 N–H and O–H groups in total. The number of thiophene rings is 1. The van der Waals surface area contributed by atoms with Crippen LogP contribution in [0.1, 0.15) is 34.0 Å². The standard InChI is InChI=1S/C22H16ClF4N5O2S/c1-9-14(23)8-32(31-9)10(2)20(34)30-17-16-13(11-3-5-12(24)6-4-11)7-15(22(25,26)27)29-21(16)35-18(17)19(28)33/h3-8,10H,1-2H3,(H2,28,33)(H,30,34). The lowest BCUT2D eigenvalue weighted by atomic mass is 10.0. The molecule has 1 atom stereocenters. The third kappa shape index (κ3) is 4.71. The number of hydrogen-bond acceptors (Lipinski definition) is 5. The van der Waals surface area contributed by atoms with Gasteiger partial charge in [0.15, 0.2) is 0 Å². The minimum Gasteiger partial charge on any atom is -0.365 e. The molecule has 7 nitrogen and oxygen atoms in total. The van der Waals surface area contributed by atoms with E-state index in [0.29, 0.717) is 22.1 Å². The highest BCUT2D eigenvalue weighted by molar-refractivity contribution is 7.21. The van der Waals surface area contributed by atoms with Gasteiger partial charge in [0.1, 0.15) is 27.3 Å². The molecule has 13 heteroatoms. The van der Waals surface area contributed by atoms with E-state index in [4.69, 9.17) is 17.3 Å². The van der Waals surface area contributed by atoms with E-state index < -0.39 is 35.5 Å². The highest BCUT2D eigenvalue weighted by Gasteiger charge is 2.35. The van der Waals surface area contributed by atoms with Gasteiger partial charge in [-0.3, -0.25) is 14.3 Å². The molecule has 0 aliphatic rings. The van der Waals surface area contributed by atoms with Gasteiger partial charge in [0.05, 0.1) is 16.4 Å². The molecule has 35 heavy (non-hydrogen) atoms. The number of halogens is 5. The van der Waals surface area contributed by atoms with E-state index in [9.17, 15) is 27.2 Å². The number of hydrogen-bond donors (Lipinski definition) is 2. The van der Waals surface area contributed by atoms with Crippen LogP contribution >= 0.6 is 22.9 Å². The van der Waals surface area contributed by atoms with Gasteiger partial charge >= 0.3 is 6.18 Å². The van der Waals surface area contributed by atoms with E-state index >= 15 is 0 Å². The lowest BCUT2D eigenvalue weighted by Gasteiger charge is -2.15. The van der Waals surface area contributed by atoms with Crippen LogP contribution in [0.25, 0.3) is 21.3 Å². The maximum absolute atomic E-state index is 13.6. The molecule has 4 rings (SSSR count). The molecule has 0 aliphatic heterocycles. The smallest absolute Gasteiger partial charge is 0.365 e. The number of nitrogens with one attached hydrogen (secondary N) is 1. The van der Waals surface area contributed by atoms with Crippen LogP contribution in [0.5, 0.6) is 0 Å². The normalized spacial score (nSPS) is 12.7. The molecule has 182 valence electrons. The first-order valence-corrected chi connectivity index (χ1v) is 11.2. The fourth-order valence-electron chi connectivity index (χ4n) is 3.40. The third-order valence-corrected chi connectivity index (χ3v) is 6.68. The molecule has 3 aromatic heterocycles. The first kappa shape index (κ1) is 24.6. The summed E-state index contributed by atoms with van der Waals surface area (Å²) in [5, 5.41) is 7.15. The summed E-state index contributed by atoms with van der Waals surface area (Å²) >= 11 is 6.63. The Kier molecular flexibility index (Phi) is 6.28. The van der Waals surface area contributed by atoms with E-state index in [0.717, 1.165) is 18.2 Å². The van der Waals surface area contributed by atoms with Gasteiger partial charge in [0.2, 0.25) is 5.91 Å². The number of aromatic nitrogens is 3. The molecule has 0 saturated heterocycles. The van der Waals surface area contributed by atoms with Gasteiger partial charge < -0.3 is 11.1 Å². The fourth-order valence-corrected chi connectivity index (χ4v) is 4.54. The van der Waals surface area contributed by atoms with Crippen LogP contribution in [-0.4, -0.2) is 26.6 Å². The number of aryl methyl sites for hydroxylation is 1. The van der Waals surface area contributed by atoms with Crippen molar-refractivity contribution in [3.8, 4) is 11.1 Å². The van der Waals surface area contributed by atoms with Crippen molar-refractivity contribution in [2.75, 3.05) is 5.32 Å². The number of rotatable bonds is 5. The average Bonchev–Trinajstić information content (AvgIpc) is 3.32. The highest BCUT2D eigenvalue weighted by atomic mass is 35.5. The average molecular weight is 526 g/mol. The second-order valence-electron chi connectivity index (χ2n) is 7.62. The van der Waals surface area contributed by atoms with Crippen LogP contribution in [0.15, 0.2) is 36.5 Å². The lowest BCUT2D eigenvalue weighted by Crippen LogP contribution is -2.25. The summed E-state index contributed by atoms with van der Waals surface area (Å²) < 4.78 is 55.6. The number of carbonyl (C=O) groups excluding carboxylic acids is 2. The van der Waals surface area contributed by atoms with Crippen LogP contribution in [0.4, 0.5) is 23.2 Å². The summed E-state index contributed by atoms with van der Waals surface area (Å²) in [5.74, 6) is -2.18. The number of nitrogens with zero attached hydrogens (tertiary/aromatic N) is 3. The van der Waals surface area contributed by atoms with Crippen LogP contribution in [0.3, 0.4) is 0 Å². The largest absolute Gasteiger partial charge is 0.433 e. The van der Waals surface area contributed by atoms with Crippen molar-refractivity contribution < 1.29 is 27.2 Å². The van der Waals surface area contributed by atoms with Gasteiger partial charge in [-0.1, -0.05) is 23.7 Å². The Morgan fingerprint density at radius 2 is 1.89 bits per heavy atom. The number of benzene rings is 1. The molecule has 0 fully saturated rings. The number of anilines is 1. The summed E-state index contributed by atoms with van der Waals surface area (Å²) in [6.45, 7) is 3.18. The van der Waals surface area contributed by atoms with Crippen LogP contribution in [-0.2, 0) is 11.0 Å². The molecule has 4 aromatic rings. The fraction of sp³-hybridized carbons (Fsp3) is 0.182. The van der Waals surface area contributed by atoms with E-state index in [1.165, 1.54) is 29.9 Å². The van der Waals surface area contributed by atoms with Crippen molar-refractivity contribution in [1.29, 1.82) is 0 Å². The lowest BCUT2D eigenvalue weighted by molar-refractivity contribution is -0.140. The number of fused-ring (bicyclic) bond motifs is 1. The Balaban J connectivity index is 1.91. The molecule has 0 aliphatic carbocycles. The Hall–Kier alpha value is -3.51. The minimum absolute atomic E-state index is 0.00740. The maximum atomic E-state index is 13.6. The van der Waals surface area contributed by atoms with E-state index in [-0.39, 0.29) is 31.9 Å². The van der Waals surface area contributed by atoms with E-state index in [2.05, 4.69) is 15.4 Å². The maximum Gasteiger partial charge on any atom is 0.433 e. The molecule has 0 bridgehead atoms. The van der Waals surface area contributed by atoms with Crippen LogP contribution in [0.2, 0.25) is 5.02 Å². The Morgan fingerprint density at radius 3 is 2.43 bits per heavy atom. The van der Waals surface area contributed by atoms with Crippen molar-refractivity contribution in [2.45, 2.75) is 26.1 Å². The van der Waals surface area contributed by atoms with Gasteiger partial charge in [-0.2, -0.15) is 18.3 Å².